The van der Waals surface area contributed by atoms with Gasteiger partial charge in [-0.3, -0.25) is 4.79 Å². The van der Waals surface area contributed by atoms with E-state index in [1.807, 2.05) is 4.57 Å². The number of likely N-dealkylation sites (N-methyl/N-ethyl adjacent to an activating group) is 1. The minimum Gasteiger partial charge on any atom is -0.339 e. The van der Waals surface area contributed by atoms with Gasteiger partial charge in [0.2, 0.25) is 0 Å². The molecule has 0 bridgehead atoms. The maximum absolute atomic E-state index is 11.5. The number of nitrogens with zero attached hydrogens (tertiary/aromatic N) is 2. The van der Waals surface area contributed by atoms with Crippen molar-refractivity contribution in [3.63, 3.8) is 0 Å². The van der Waals surface area contributed by atoms with Crippen LogP contribution in [0.4, 0.5) is 0 Å². The van der Waals surface area contributed by atoms with Gasteiger partial charge in [0, 0.05) is 20.1 Å². The van der Waals surface area contributed by atoms with Gasteiger partial charge < -0.3 is 9.47 Å². The van der Waals surface area contributed by atoms with Crippen LogP contribution < -0.4 is 0 Å². The Hall–Kier alpha value is -0.960. The number of hydrogen-bond acceptors (Lipinski definition) is 1. The number of halogens is 1. The Morgan fingerprint density at radius 3 is 2.92 bits per heavy atom. The van der Waals surface area contributed by atoms with Gasteiger partial charge in [0.05, 0.1) is 0 Å². The van der Waals surface area contributed by atoms with Crippen LogP contribution in [0.1, 0.15) is 10.5 Å². The lowest BCUT2D eigenvalue weighted by atomic mass is 10.3. The molecule has 0 aliphatic carbocycles. The molecule has 0 radical (unpaired) electrons. The molecular weight excluding hydrogens is 176 g/mol. The maximum Gasteiger partial charge on any atom is 0.270 e. The fourth-order valence-corrected chi connectivity index (χ4v) is 1.64. The predicted octanol–water partition coefficient (Wildman–Crippen LogP) is 1.23. The predicted molar refractivity (Wildman–Crippen MR) is 46.4 cm³/mol. The second-order valence-electron chi connectivity index (χ2n) is 2.92. The fourth-order valence-electron chi connectivity index (χ4n) is 1.40. The first-order chi connectivity index (χ1) is 5.70. The van der Waals surface area contributed by atoms with E-state index in [4.69, 9.17) is 11.6 Å². The Kier molecular flexibility index (Phi) is 1.61. The first-order valence-corrected chi connectivity index (χ1v) is 4.18. The van der Waals surface area contributed by atoms with Gasteiger partial charge in [-0.25, -0.2) is 0 Å². The van der Waals surface area contributed by atoms with Gasteiger partial charge in [-0.15, -0.1) is 0 Å². The smallest absolute Gasteiger partial charge is 0.270 e. The summed E-state index contributed by atoms with van der Waals surface area (Å²) in [4.78, 5) is 13.2. The van der Waals surface area contributed by atoms with E-state index >= 15 is 0 Å². The number of rotatable bonds is 0. The normalized spacial score (nSPS) is 16.5. The molecule has 0 saturated heterocycles. The second-order valence-corrected chi connectivity index (χ2v) is 3.31. The molecule has 1 amide bonds. The highest BCUT2D eigenvalue weighted by Gasteiger charge is 2.22. The second kappa shape index (κ2) is 2.52. The molecule has 0 N–H and O–H groups in total. The Balaban J connectivity index is 2.50. The van der Waals surface area contributed by atoms with Crippen LogP contribution in [-0.4, -0.2) is 29.0 Å². The van der Waals surface area contributed by atoms with Gasteiger partial charge in [0.25, 0.3) is 5.91 Å². The lowest BCUT2D eigenvalue weighted by molar-refractivity contribution is 0.0749. The Labute approximate surface area is 75.5 Å². The van der Waals surface area contributed by atoms with Crippen molar-refractivity contribution in [1.29, 1.82) is 0 Å². The van der Waals surface area contributed by atoms with E-state index in [9.17, 15) is 4.79 Å². The molecule has 1 aliphatic heterocycles. The molecule has 0 spiro atoms. The van der Waals surface area contributed by atoms with Crippen LogP contribution in [0.3, 0.4) is 0 Å². The summed E-state index contributed by atoms with van der Waals surface area (Å²) in [5.74, 6) is 0.0492. The molecule has 2 rings (SSSR count). The van der Waals surface area contributed by atoms with Crippen LogP contribution in [-0.2, 0) is 6.54 Å². The number of amides is 1. The van der Waals surface area contributed by atoms with Crippen LogP contribution in [0.15, 0.2) is 12.1 Å². The lowest BCUT2D eigenvalue weighted by Crippen LogP contribution is -2.36. The van der Waals surface area contributed by atoms with Crippen LogP contribution >= 0.6 is 11.6 Å². The highest BCUT2D eigenvalue weighted by Crippen LogP contribution is 2.19. The molecule has 1 aromatic heterocycles. The van der Waals surface area contributed by atoms with Crippen molar-refractivity contribution in [2.45, 2.75) is 6.54 Å². The summed E-state index contributed by atoms with van der Waals surface area (Å²) in [6, 6.07) is 3.52. The third-order valence-electron chi connectivity index (χ3n) is 2.15. The van der Waals surface area contributed by atoms with Crippen molar-refractivity contribution in [1.82, 2.24) is 9.47 Å². The molecule has 1 aliphatic rings. The molecule has 0 unspecified atom stereocenters. The molecule has 4 heteroatoms. The number of hydrogen-bond donors (Lipinski definition) is 0. The molecule has 12 heavy (non-hydrogen) atoms. The molecule has 0 aromatic carbocycles. The van der Waals surface area contributed by atoms with Gasteiger partial charge in [-0.05, 0) is 12.1 Å². The first kappa shape index (κ1) is 7.68. The zero-order valence-electron chi connectivity index (χ0n) is 6.75. The monoisotopic (exact) mass is 184 g/mol. The van der Waals surface area contributed by atoms with Crippen molar-refractivity contribution < 1.29 is 4.79 Å². The highest BCUT2D eigenvalue weighted by molar-refractivity contribution is 6.30. The van der Waals surface area contributed by atoms with Crippen molar-refractivity contribution >= 4 is 17.5 Å². The van der Waals surface area contributed by atoms with Gasteiger partial charge in [-0.2, -0.15) is 0 Å². The van der Waals surface area contributed by atoms with Crippen molar-refractivity contribution in [3.8, 4) is 0 Å². The van der Waals surface area contributed by atoms with Crippen molar-refractivity contribution in [3.05, 3.63) is 23.0 Å². The molecule has 2 heterocycles. The average Bonchev–Trinajstić information content (AvgIpc) is 2.41. The minimum absolute atomic E-state index is 0.0492. The average molecular weight is 185 g/mol. The number of carbonyl (C=O) groups excluding carboxylic acids is 1. The topological polar surface area (TPSA) is 25.2 Å². The summed E-state index contributed by atoms with van der Waals surface area (Å²) in [7, 11) is 1.80. The Morgan fingerprint density at radius 2 is 2.17 bits per heavy atom. The number of fused-ring (bicyclic) bond motifs is 1. The maximum atomic E-state index is 11.5. The first-order valence-electron chi connectivity index (χ1n) is 3.80. The molecule has 0 atom stereocenters. The van der Waals surface area contributed by atoms with Gasteiger partial charge in [-0.1, -0.05) is 11.6 Å². The van der Waals surface area contributed by atoms with E-state index in [-0.39, 0.29) is 5.91 Å². The Bertz CT molecular complexity index is 332. The van der Waals surface area contributed by atoms with Gasteiger partial charge in [0.1, 0.15) is 10.8 Å². The van der Waals surface area contributed by atoms with Crippen LogP contribution in [0.2, 0.25) is 5.15 Å². The Morgan fingerprint density at radius 1 is 1.42 bits per heavy atom. The third kappa shape index (κ3) is 0.932. The van der Waals surface area contributed by atoms with E-state index in [2.05, 4.69) is 0 Å². The summed E-state index contributed by atoms with van der Waals surface area (Å²) in [6.07, 6.45) is 0. The molecule has 1 aromatic rings. The minimum atomic E-state index is 0.0492. The van der Waals surface area contributed by atoms with E-state index in [0.717, 1.165) is 13.1 Å². The standard InChI is InChI=1S/C8H9ClN2O/c1-10-4-5-11-6(8(10)12)2-3-7(11)9/h2-3H,4-5H2,1H3. The van der Waals surface area contributed by atoms with Crippen LogP contribution in [0.5, 0.6) is 0 Å². The lowest BCUT2D eigenvalue weighted by Gasteiger charge is -2.24. The number of aromatic nitrogens is 1. The molecular formula is C8H9ClN2O. The van der Waals surface area contributed by atoms with Crippen LogP contribution in [0, 0.1) is 0 Å². The summed E-state index contributed by atoms with van der Waals surface area (Å²) in [5.41, 5.74) is 0.689. The zero-order valence-corrected chi connectivity index (χ0v) is 7.51. The molecule has 0 fully saturated rings. The summed E-state index contributed by atoms with van der Waals surface area (Å²) in [6.45, 7) is 1.53. The summed E-state index contributed by atoms with van der Waals surface area (Å²) in [5, 5.41) is 0.645. The molecule has 0 saturated carbocycles. The van der Waals surface area contributed by atoms with E-state index < -0.39 is 0 Å². The zero-order chi connectivity index (χ0) is 8.72. The fraction of sp³-hybridized carbons (Fsp3) is 0.375. The molecule has 3 nitrogen and oxygen atoms in total. The van der Waals surface area contributed by atoms with Gasteiger partial charge >= 0.3 is 0 Å². The van der Waals surface area contributed by atoms with E-state index in [1.54, 1.807) is 24.1 Å². The van der Waals surface area contributed by atoms with E-state index in [0.29, 0.717) is 10.8 Å². The largest absolute Gasteiger partial charge is 0.339 e. The quantitative estimate of drug-likeness (QED) is 0.596. The summed E-state index contributed by atoms with van der Waals surface area (Å²) < 4.78 is 1.84. The van der Waals surface area contributed by atoms with Crippen LogP contribution in [0.25, 0.3) is 0 Å². The third-order valence-corrected chi connectivity index (χ3v) is 2.48. The van der Waals surface area contributed by atoms with Gasteiger partial charge in [0.15, 0.2) is 0 Å². The van der Waals surface area contributed by atoms with Crippen molar-refractivity contribution in [2.75, 3.05) is 13.6 Å². The number of carbonyl (C=O) groups is 1. The van der Waals surface area contributed by atoms with Crippen molar-refractivity contribution in [2.24, 2.45) is 0 Å². The molecule has 64 valence electrons. The van der Waals surface area contributed by atoms with E-state index in [1.165, 1.54) is 0 Å². The highest BCUT2D eigenvalue weighted by atomic mass is 35.5. The SMILES string of the molecule is CN1CCn2c(Cl)ccc2C1=O. The summed E-state index contributed by atoms with van der Waals surface area (Å²) >= 11 is 5.86.